The number of hydrogen-bond acceptors (Lipinski definition) is 5. The van der Waals surface area contributed by atoms with Gasteiger partial charge < -0.3 is 15.0 Å². The van der Waals surface area contributed by atoms with E-state index in [1.165, 1.54) is 12.8 Å². The van der Waals surface area contributed by atoms with Crippen LogP contribution in [0.4, 0.5) is 0 Å². The molecule has 2 atom stereocenters. The van der Waals surface area contributed by atoms with E-state index in [9.17, 15) is 4.79 Å². The van der Waals surface area contributed by atoms with E-state index in [1.807, 2.05) is 21.8 Å². The Kier molecular flexibility index (Phi) is 6.92. The molecule has 3 fully saturated rings. The van der Waals surface area contributed by atoms with E-state index in [0.29, 0.717) is 17.7 Å². The number of carbonyl (C=O) groups is 1. The van der Waals surface area contributed by atoms with Crippen LogP contribution < -0.4 is 5.32 Å². The van der Waals surface area contributed by atoms with E-state index >= 15 is 0 Å². The van der Waals surface area contributed by atoms with E-state index in [1.54, 1.807) is 0 Å². The number of piperidine rings is 1. The summed E-state index contributed by atoms with van der Waals surface area (Å²) in [5.41, 5.74) is 0.586. The molecular formula is C18H30ClN5O2. The van der Waals surface area contributed by atoms with Crippen molar-refractivity contribution in [3.05, 3.63) is 18.0 Å². The van der Waals surface area contributed by atoms with E-state index < -0.39 is 0 Å². The van der Waals surface area contributed by atoms with Gasteiger partial charge >= 0.3 is 0 Å². The van der Waals surface area contributed by atoms with Gasteiger partial charge in [0, 0.05) is 52.1 Å². The van der Waals surface area contributed by atoms with Crippen molar-refractivity contribution in [1.82, 2.24) is 24.9 Å². The summed E-state index contributed by atoms with van der Waals surface area (Å²) in [4.78, 5) is 17.2. The maximum absolute atomic E-state index is 12.7. The minimum Gasteiger partial charge on any atom is -0.381 e. The molecule has 3 saturated heterocycles. The van der Waals surface area contributed by atoms with Gasteiger partial charge in [-0.1, -0.05) is 0 Å². The van der Waals surface area contributed by atoms with Gasteiger partial charge in [-0.15, -0.1) is 12.4 Å². The lowest BCUT2D eigenvalue weighted by Gasteiger charge is -2.35. The van der Waals surface area contributed by atoms with Crippen LogP contribution in [0.3, 0.4) is 0 Å². The molecule has 4 heterocycles. The van der Waals surface area contributed by atoms with Crippen LogP contribution in [0, 0.1) is 5.92 Å². The predicted molar refractivity (Wildman–Crippen MR) is 102 cm³/mol. The van der Waals surface area contributed by atoms with E-state index in [-0.39, 0.29) is 18.3 Å². The second-order valence-electron chi connectivity index (χ2n) is 7.50. The molecule has 0 bridgehead atoms. The summed E-state index contributed by atoms with van der Waals surface area (Å²) in [6, 6.07) is 2.25. The summed E-state index contributed by atoms with van der Waals surface area (Å²) in [5.74, 6) is 0.744. The van der Waals surface area contributed by atoms with Gasteiger partial charge in [-0.2, -0.15) is 5.10 Å². The maximum Gasteiger partial charge on any atom is 0.274 e. The predicted octanol–water partition coefficient (Wildman–Crippen LogP) is 1.02. The van der Waals surface area contributed by atoms with Gasteiger partial charge in [0.15, 0.2) is 0 Å². The molecule has 1 aromatic heterocycles. The minimum absolute atomic E-state index is 0. The number of halogens is 1. The molecule has 1 aromatic rings. The first-order valence-electron chi connectivity index (χ1n) is 9.65. The molecule has 3 aliphatic heterocycles. The van der Waals surface area contributed by atoms with Crippen LogP contribution in [0.25, 0.3) is 0 Å². The monoisotopic (exact) mass is 383 g/mol. The molecule has 1 amide bonds. The Morgan fingerprint density at radius 1 is 1.27 bits per heavy atom. The van der Waals surface area contributed by atoms with Gasteiger partial charge in [0.1, 0.15) is 5.69 Å². The van der Waals surface area contributed by atoms with Crippen LogP contribution in [-0.2, 0) is 4.74 Å². The van der Waals surface area contributed by atoms with Gasteiger partial charge in [0.2, 0.25) is 0 Å². The Morgan fingerprint density at radius 2 is 2.12 bits per heavy atom. The summed E-state index contributed by atoms with van der Waals surface area (Å²) < 4.78 is 7.43. The van der Waals surface area contributed by atoms with Crippen molar-refractivity contribution in [2.45, 2.75) is 25.3 Å². The summed E-state index contributed by atoms with van der Waals surface area (Å²) in [5, 5.41) is 7.97. The van der Waals surface area contributed by atoms with E-state index in [4.69, 9.17) is 4.74 Å². The highest BCUT2D eigenvalue weighted by Crippen LogP contribution is 2.18. The Labute approximate surface area is 161 Å². The molecule has 0 aliphatic carbocycles. The van der Waals surface area contributed by atoms with Crippen molar-refractivity contribution in [3.8, 4) is 0 Å². The van der Waals surface area contributed by atoms with Crippen LogP contribution in [0.1, 0.15) is 35.8 Å². The highest BCUT2D eigenvalue weighted by atomic mass is 35.5. The Morgan fingerprint density at radius 3 is 2.81 bits per heavy atom. The number of piperazine rings is 1. The Bertz CT molecular complexity index is 576. The van der Waals surface area contributed by atoms with Gasteiger partial charge in [-0.3, -0.25) is 14.4 Å². The zero-order chi connectivity index (χ0) is 17.1. The van der Waals surface area contributed by atoms with Gasteiger partial charge in [-0.05, 0) is 37.8 Å². The third-order valence-corrected chi connectivity index (χ3v) is 5.67. The molecule has 0 saturated carbocycles. The number of hydrogen-bond donors (Lipinski definition) is 1. The van der Waals surface area contributed by atoms with Crippen LogP contribution in [0.15, 0.2) is 12.3 Å². The van der Waals surface area contributed by atoms with Gasteiger partial charge in [0.25, 0.3) is 5.91 Å². The molecule has 4 rings (SSSR count). The SMILES string of the molecule is Cl.O=C(c1ccn(C2CCCNC2)n1)N1CCN(CC2CCOC2)CC1. The van der Waals surface area contributed by atoms with Crippen molar-refractivity contribution in [3.63, 3.8) is 0 Å². The second-order valence-corrected chi connectivity index (χ2v) is 7.50. The van der Waals surface area contributed by atoms with Crippen LogP contribution in [0.5, 0.6) is 0 Å². The fraction of sp³-hybridized carbons (Fsp3) is 0.778. The Balaban J connectivity index is 0.00000196. The lowest BCUT2D eigenvalue weighted by atomic mass is 10.1. The molecule has 3 aliphatic rings. The van der Waals surface area contributed by atoms with Crippen LogP contribution in [-0.4, -0.2) is 84.5 Å². The molecule has 146 valence electrons. The molecule has 0 aromatic carbocycles. The first kappa shape index (κ1) is 19.6. The zero-order valence-corrected chi connectivity index (χ0v) is 16.1. The average molecular weight is 384 g/mol. The van der Waals surface area contributed by atoms with Gasteiger partial charge in [0.05, 0.1) is 12.6 Å². The number of amides is 1. The van der Waals surface area contributed by atoms with Crippen molar-refractivity contribution >= 4 is 18.3 Å². The fourth-order valence-corrected chi connectivity index (χ4v) is 4.10. The molecule has 0 spiro atoms. The topological polar surface area (TPSA) is 62.6 Å². The summed E-state index contributed by atoms with van der Waals surface area (Å²) in [6.45, 7) is 8.43. The van der Waals surface area contributed by atoms with E-state index in [0.717, 1.165) is 65.4 Å². The number of nitrogens with one attached hydrogen (secondary N) is 1. The molecule has 8 heteroatoms. The molecule has 1 N–H and O–H groups in total. The third kappa shape index (κ3) is 4.57. The largest absolute Gasteiger partial charge is 0.381 e. The summed E-state index contributed by atoms with van der Waals surface area (Å²) >= 11 is 0. The third-order valence-electron chi connectivity index (χ3n) is 5.67. The smallest absolute Gasteiger partial charge is 0.274 e. The molecule has 2 unspecified atom stereocenters. The number of ether oxygens (including phenoxy) is 1. The molecule has 26 heavy (non-hydrogen) atoms. The van der Waals surface area contributed by atoms with Crippen molar-refractivity contribution in [1.29, 1.82) is 0 Å². The van der Waals surface area contributed by atoms with Crippen LogP contribution in [0.2, 0.25) is 0 Å². The summed E-state index contributed by atoms with van der Waals surface area (Å²) in [6.07, 6.45) is 5.43. The first-order valence-corrected chi connectivity index (χ1v) is 9.65. The normalized spacial score (nSPS) is 27.3. The summed E-state index contributed by atoms with van der Waals surface area (Å²) in [7, 11) is 0. The average Bonchev–Trinajstić information content (AvgIpc) is 3.34. The van der Waals surface area contributed by atoms with E-state index in [2.05, 4.69) is 15.3 Å². The molecular weight excluding hydrogens is 354 g/mol. The van der Waals surface area contributed by atoms with Crippen molar-refractivity contribution in [2.24, 2.45) is 5.92 Å². The number of aromatic nitrogens is 2. The minimum atomic E-state index is 0. The van der Waals surface area contributed by atoms with Crippen LogP contribution >= 0.6 is 12.4 Å². The second kappa shape index (κ2) is 9.17. The standard InChI is InChI=1S/C18H29N5O2.ClH/c24-18(17-3-6-23(20-17)16-2-1-5-19-12-16)22-9-7-21(8-10-22)13-15-4-11-25-14-15;/h3,6,15-16,19H,1-2,4-5,7-14H2;1H. The highest BCUT2D eigenvalue weighted by molar-refractivity contribution is 5.92. The Hall–Kier alpha value is -1.15. The quantitative estimate of drug-likeness (QED) is 0.841. The maximum atomic E-state index is 12.7. The molecule has 0 radical (unpaired) electrons. The highest BCUT2D eigenvalue weighted by Gasteiger charge is 2.27. The van der Waals surface area contributed by atoms with Gasteiger partial charge in [-0.25, -0.2) is 0 Å². The lowest BCUT2D eigenvalue weighted by molar-refractivity contribution is 0.0604. The van der Waals surface area contributed by atoms with Crippen molar-refractivity contribution < 1.29 is 9.53 Å². The zero-order valence-electron chi connectivity index (χ0n) is 15.3. The molecule has 7 nitrogen and oxygen atoms in total. The first-order chi connectivity index (χ1) is 12.3. The number of carbonyl (C=O) groups excluding carboxylic acids is 1. The van der Waals surface area contributed by atoms with Crippen molar-refractivity contribution in [2.75, 3.05) is 59.0 Å². The number of rotatable bonds is 4. The lowest BCUT2D eigenvalue weighted by Crippen LogP contribution is -2.50. The fourth-order valence-electron chi connectivity index (χ4n) is 4.10. The number of nitrogens with zero attached hydrogens (tertiary/aromatic N) is 4.